The van der Waals surface area contributed by atoms with Gasteiger partial charge in [-0.15, -0.1) is 0 Å². The van der Waals surface area contributed by atoms with E-state index < -0.39 is 10.0 Å². The van der Waals surface area contributed by atoms with Crippen LogP contribution < -0.4 is 15.2 Å². The van der Waals surface area contributed by atoms with Crippen molar-refractivity contribution in [1.82, 2.24) is 0 Å². The zero-order chi connectivity index (χ0) is 15.5. The molecule has 0 amide bonds. The van der Waals surface area contributed by atoms with Crippen LogP contribution in [-0.4, -0.2) is 20.5 Å². The number of nitrogens with two attached hydrogens (primary N) is 1. The number of nitrogens with one attached hydrogen (secondary N) is 1. The molecule has 0 aromatic heterocycles. The normalized spacial score (nSPS) is 10.9. The van der Waals surface area contributed by atoms with E-state index in [1.165, 1.54) is 13.2 Å². The van der Waals surface area contributed by atoms with Gasteiger partial charge >= 0.3 is 0 Å². The van der Waals surface area contributed by atoms with E-state index in [0.717, 1.165) is 0 Å². The molecule has 0 atom stereocenters. The quantitative estimate of drug-likeness (QED) is 0.824. The second-order valence-electron chi connectivity index (χ2n) is 4.17. The molecule has 2 aromatic rings. The second kappa shape index (κ2) is 6.11. The number of anilines is 1. The molecule has 0 saturated heterocycles. The van der Waals surface area contributed by atoms with Gasteiger partial charge in [0.05, 0.1) is 17.7 Å². The Morgan fingerprint density at radius 1 is 1.14 bits per heavy atom. The van der Waals surface area contributed by atoms with Crippen LogP contribution in [0.3, 0.4) is 0 Å². The Hall–Kier alpha value is -2.12. The summed E-state index contributed by atoms with van der Waals surface area (Å²) in [6.45, 7) is 0. The number of sulfonamides is 1. The SMILES string of the molecule is COc1ccccc1NS(=O)(=O)c1ccccc1C(N)=S. The Morgan fingerprint density at radius 2 is 1.76 bits per heavy atom. The minimum atomic E-state index is -3.82. The zero-order valence-corrected chi connectivity index (χ0v) is 12.9. The van der Waals surface area contributed by atoms with Gasteiger partial charge in [-0.25, -0.2) is 8.42 Å². The van der Waals surface area contributed by atoms with Crippen LogP contribution in [0, 0.1) is 0 Å². The third-order valence-corrected chi connectivity index (χ3v) is 4.44. The van der Waals surface area contributed by atoms with Crippen molar-refractivity contribution in [2.45, 2.75) is 4.90 Å². The molecule has 2 rings (SSSR count). The van der Waals surface area contributed by atoms with Crippen molar-refractivity contribution in [2.24, 2.45) is 5.73 Å². The van der Waals surface area contributed by atoms with E-state index in [1.807, 2.05) is 0 Å². The number of hydrogen-bond acceptors (Lipinski definition) is 4. The van der Waals surface area contributed by atoms with Crippen LogP contribution in [0.1, 0.15) is 5.56 Å². The van der Waals surface area contributed by atoms with E-state index >= 15 is 0 Å². The van der Waals surface area contributed by atoms with Crippen molar-refractivity contribution in [3.63, 3.8) is 0 Å². The van der Waals surface area contributed by atoms with Gasteiger partial charge in [0.2, 0.25) is 0 Å². The van der Waals surface area contributed by atoms with Crippen molar-refractivity contribution in [1.29, 1.82) is 0 Å². The summed E-state index contributed by atoms with van der Waals surface area (Å²) in [6, 6.07) is 13.0. The van der Waals surface area contributed by atoms with E-state index in [2.05, 4.69) is 4.72 Å². The minimum Gasteiger partial charge on any atom is -0.495 e. The molecule has 0 spiro atoms. The molecule has 0 aliphatic heterocycles. The molecule has 0 aliphatic rings. The number of para-hydroxylation sites is 2. The number of rotatable bonds is 5. The predicted octanol–water partition coefficient (Wildman–Crippen LogP) is 2.13. The molecule has 21 heavy (non-hydrogen) atoms. The number of methoxy groups -OCH3 is 1. The van der Waals surface area contributed by atoms with Gasteiger partial charge < -0.3 is 10.5 Å². The summed E-state index contributed by atoms with van der Waals surface area (Å²) in [6.07, 6.45) is 0. The van der Waals surface area contributed by atoms with Crippen molar-refractivity contribution in [3.05, 3.63) is 54.1 Å². The summed E-state index contributed by atoms with van der Waals surface area (Å²) < 4.78 is 32.6. The van der Waals surface area contributed by atoms with Gasteiger partial charge in [-0.05, 0) is 18.2 Å². The lowest BCUT2D eigenvalue weighted by Gasteiger charge is -2.13. The first-order valence-electron chi connectivity index (χ1n) is 6.00. The molecule has 0 unspecified atom stereocenters. The van der Waals surface area contributed by atoms with Gasteiger partial charge in [-0.3, -0.25) is 4.72 Å². The fourth-order valence-corrected chi connectivity index (χ4v) is 3.37. The largest absolute Gasteiger partial charge is 0.495 e. The van der Waals surface area contributed by atoms with Gasteiger partial charge in [0.1, 0.15) is 10.7 Å². The number of hydrogen-bond donors (Lipinski definition) is 2. The summed E-state index contributed by atoms with van der Waals surface area (Å²) in [5, 5.41) is 0. The summed E-state index contributed by atoms with van der Waals surface area (Å²) in [5.74, 6) is 0.425. The molecule has 110 valence electrons. The van der Waals surface area contributed by atoms with Crippen LogP contribution in [0.4, 0.5) is 5.69 Å². The molecule has 0 saturated carbocycles. The van der Waals surface area contributed by atoms with E-state index in [1.54, 1.807) is 42.5 Å². The monoisotopic (exact) mass is 322 g/mol. The molecule has 0 bridgehead atoms. The maximum absolute atomic E-state index is 12.5. The Kier molecular flexibility index (Phi) is 4.44. The Bertz CT molecular complexity index is 773. The molecular weight excluding hydrogens is 308 g/mol. The number of benzene rings is 2. The predicted molar refractivity (Wildman–Crippen MR) is 86.1 cm³/mol. The average molecular weight is 322 g/mol. The highest BCUT2D eigenvalue weighted by Crippen LogP contribution is 2.27. The number of thiocarbonyl (C=S) groups is 1. The summed E-state index contributed by atoms with van der Waals surface area (Å²) >= 11 is 4.89. The fourth-order valence-electron chi connectivity index (χ4n) is 1.83. The molecule has 0 heterocycles. The van der Waals surface area contributed by atoms with Crippen molar-refractivity contribution in [2.75, 3.05) is 11.8 Å². The lowest BCUT2D eigenvalue weighted by Crippen LogP contribution is -2.20. The van der Waals surface area contributed by atoms with E-state index in [4.69, 9.17) is 22.7 Å². The molecule has 2 aromatic carbocycles. The number of ether oxygens (including phenoxy) is 1. The molecule has 0 fully saturated rings. The van der Waals surface area contributed by atoms with Crippen LogP contribution in [0.5, 0.6) is 5.75 Å². The first-order valence-corrected chi connectivity index (χ1v) is 7.89. The lowest BCUT2D eigenvalue weighted by molar-refractivity contribution is 0.417. The van der Waals surface area contributed by atoms with Crippen LogP contribution in [0.2, 0.25) is 0 Å². The third kappa shape index (κ3) is 3.32. The van der Waals surface area contributed by atoms with Crippen LogP contribution >= 0.6 is 12.2 Å². The van der Waals surface area contributed by atoms with Gasteiger partial charge in [0.15, 0.2) is 0 Å². The van der Waals surface area contributed by atoms with Crippen molar-refractivity contribution < 1.29 is 13.2 Å². The standard InChI is InChI=1S/C14H14N2O3S2/c1-19-12-8-4-3-7-11(12)16-21(17,18)13-9-5-2-6-10(13)14(15)20/h2-9,16H,1H3,(H2,15,20). The first-order chi connectivity index (χ1) is 9.95. The Morgan fingerprint density at radius 3 is 2.43 bits per heavy atom. The molecule has 0 radical (unpaired) electrons. The van der Waals surface area contributed by atoms with E-state index in [9.17, 15) is 8.42 Å². The van der Waals surface area contributed by atoms with Crippen LogP contribution in [-0.2, 0) is 10.0 Å². The van der Waals surface area contributed by atoms with Crippen molar-refractivity contribution in [3.8, 4) is 5.75 Å². The maximum atomic E-state index is 12.5. The highest BCUT2D eigenvalue weighted by molar-refractivity contribution is 7.93. The van der Waals surface area contributed by atoms with Crippen molar-refractivity contribution >= 4 is 32.9 Å². The summed E-state index contributed by atoms with van der Waals surface area (Å²) in [5.41, 5.74) is 6.22. The third-order valence-electron chi connectivity index (χ3n) is 2.79. The van der Waals surface area contributed by atoms with E-state index in [-0.39, 0.29) is 9.88 Å². The smallest absolute Gasteiger partial charge is 0.262 e. The van der Waals surface area contributed by atoms with Crippen LogP contribution in [0.25, 0.3) is 0 Å². The molecule has 5 nitrogen and oxygen atoms in total. The van der Waals surface area contributed by atoms with Gasteiger partial charge in [0.25, 0.3) is 10.0 Å². The van der Waals surface area contributed by atoms with Gasteiger partial charge in [-0.2, -0.15) is 0 Å². The topological polar surface area (TPSA) is 81.4 Å². The molecule has 0 aliphatic carbocycles. The van der Waals surface area contributed by atoms with E-state index in [0.29, 0.717) is 17.0 Å². The molecular formula is C14H14N2O3S2. The minimum absolute atomic E-state index is 0.0241. The van der Waals surface area contributed by atoms with Gasteiger partial charge in [0, 0.05) is 5.56 Å². The van der Waals surface area contributed by atoms with Gasteiger partial charge in [-0.1, -0.05) is 42.5 Å². The fraction of sp³-hybridized carbons (Fsp3) is 0.0714. The average Bonchev–Trinajstić information content (AvgIpc) is 2.47. The highest BCUT2D eigenvalue weighted by Gasteiger charge is 2.20. The zero-order valence-electron chi connectivity index (χ0n) is 11.2. The summed E-state index contributed by atoms with van der Waals surface area (Å²) in [4.78, 5) is 0.0550. The Labute approximate surface area is 128 Å². The highest BCUT2D eigenvalue weighted by atomic mass is 32.2. The summed E-state index contributed by atoms with van der Waals surface area (Å²) in [7, 11) is -2.35. The van der Waals surface area contributed by atoms with Crippen LogP contribution in [0.15, 0.2) is 53.4 Å². The maximum Gasteiger partial charge on any atom is 0.262 e. The molecule has 3 N–H and O–H groups in total. The Balaban J connectivity index is 2.46. The molecule has 7 heteroatoms. The lowest BCUT2D eigenvalue weighted by atomic mass is 10.2. The second-order valence-corrected chi connectivity index (χ2v) is 6.26. The first kappa shape index (κ1) is 15.3.